The average molecular weight is 311 g/mol. The molecule has 0 fully saturated rings. The standard InChI is InChI=1S/C13H15BrN2O2/c1-3-16-13(14)12(8-15-16)18-9-10-4-6-11(17-2)7-5-10/h4-8H,3,9H2,1-2H3. The number of ether oxygens (including phenoxy) is 2. The number of hydrogen-bond acceptors (Lipinski definition) is 3. The lowest BCUT2D eigenvalue weighted by Gasteiger charge is -2.06. The molecule has 0 aliphatic carbocycles. The third kappa shape index (κ3) is 2.85. The second kappa shape index (κ2) is 5.91. The molecule has 96 valence electrons. The zero-order chi connectivity index (χ0) is 13.0. The molecule has 0 unspecified atom stereocenters. The molecule has 1 aromatic carbocycles. The largest absolute Gasteiger partial charge is 0.497 e. The normalized spacial score (nSPS) is 10.4. The molecular weight excluding hydrogens is 296 g/mol. The Morgan fingerprint density at radius 2 is 2.00 bits per heavy atom. The minimum Gasteiger partial charge on any atom is -0.497 e. The highest BCUT2D eigenvalue weighted by atomic mass is 79.9. The van der Waals surface area contributed by atoms with E-state index in [9.17, 15) is 0 Å². The van der Waals surface area contributed by atoms with Crippen LogP contribution in [0.25, 0.3) is 0 Å². The SMILES string of the molecule is CCn1ncc(OCc2ccc(OC)cc2)c1Br. The Balaban J connectivity index is 1.99. The van der Waals surface area contributed by atoms with Gasteiger partial charge in [0, 0.05) is 6.54 Å². The first-order chi connectivity index (χ1) is 8.74. The average Bonchev–Trinajstić information content (AvgIpc) is 2.77. The van der Waals surface area contributed by atoms with Crippen molar-refractivity contribution < 1.29 is 9.47 Å². The summed E-state index contributed by atoms with van der Waals surface area (Å²) >= 11 is 3.46. The minimum absolute atomic E-state index is 0.512. The van der Waals surface area contributed by atoms with Gasteiger partial charge >= 0.3 is 0 Å². The highest BCUT2D eigenvalue weighted by Crippen LogP contribution is 2.25. The molecule has 0 N–H and O–H groups in total. The van der Waals surface area contributed by atoms with E-state index in [1.807, 2.05) is 35.9 Å². The topological polar surface area (TPSA) is 36.3 Å². The minimum atomic E-state index is 0.512. The Hall–Kier alpha value is -1.49. The van der Waals surface area contributed by atoms with E-state index in [2.05, 4.69) is 21.0 Å². The second-order valence-electron chi connectivity index (χ2n) is 3.75. The third-order valence-corrected chi connectivity index (χ3v) is 3.40. The number of hydrogen-bond donors (Lipinski definition) is 0. The van der Waals surface area contributed by atoms with Crippen molar-refractivity contribution in [3.8, 4) is 11.5 Å². The van der Waals surface area contributed by atoms with Gasteiger partial charge in [-0.1, -0.05) is 12.1 Å². The van der Waals surface area contributed by atoms with Crippen LogP contribution in [0.2, 0.25) is 0 Å². The first kappa shape index (κ1) is 13.0. The fourth-order valence-corrected chi connectivity index (χ4v) is 2.11. The monoisotopic (exact) mass is 310 g/mol. The first-order valence-corrected chi connectivity index (χ1v) is 6.51. The quantitative estimate of drug-likeness (QED) is 0.850. The number of halogens is 1. The van der Waals surface area contributed by atoms with Crippen LogP contribution < -0.4 is 9.47 Å². The van der Waals surface area contributed by atoms with Gasteiger partial charge in [-0.2, -0.15) is 5.10 Å². The van der Waals surface area contributed by atoms with E-state index in [1.165, 1.54) is 0 Å². The van der Waals surface area contributed by atoms with Crippen molar-refractivity contribution in [1.82, 2.24) is 9.78 Å². The van der Waals surface area contributed by atoms with Gasteiger partial charge in [0.05, 0.1) is 13.3 Å². The molecule has 0 saturated carbocycles. The van der Waals surface area contributed by atoms with Crippen molar-refractivity contribution in [3.05, 3.63) is 40.6 Å². The Kier molecular flexibility index (Phi) is 4.25. The smallest absolute Gasteiger partial charge is 0.172 e. The van der Waals surface area contributed by atoms with Gasteiger partial charge in [-0.25, -0.2) is 0 Å². The fourth-order valence-electron chi connectivity index (χ4n) is 1.55. The molecule has 0 saturated heterocycles. The molecule has 0 radical (unpaired) electrons. The highest BCUT2D eigenvalue weighted by molar-refractivity contribution is 9.10. The van der Waals surface area contributed by atoms with Crippen LogP contribution in [0, 0.1) is 0 Å². The van der Waals surface area contributed by atoms with E-state index in [0.29, 0.717) is 6.61 Å². The highest BCUT2D eigenvalue weighted by Gasteiger charge is 2.07. The summed E-state index contributed by atoms with van der Waals surface area (Å²) in [4.78, 5) is 0. The van der Waals surface area contributed by atoms with Crippen molar-refractivity contribution in [2.75, 3.05) is 7.11 Å². The van der Waals surface area contributed by atoms with E-state index in [1.54, 1.807) is 13.3 Å². The molecule has 18 heavy (non-hydrogen) atoms. The molecule has 0 aliphatic rings. The summed E-state index contributed by atoms with van der Waals surface area (Å²) in [7, 11) is 1.65. The maximum absolute atomic E-state index is 5.71. The van der Waals surface area contributed by atoms with Gasteiger partial charge in [-0.3, -0.25) is 4.68 Å². The Labute approximate surface area is 115 Å². The first-order valence-electron chi connectivity index (χ1n) is 5.71. The third-order valence-electron chi connectivity index (χ3n) is 2.60. The summed E-state index contributed by atoms with van der Waals surface area (Å²) in [5.74, 6) is 1.60. The number of nitrogens with zero attached hydrogens (tertiary/aromatic N) is 2. The molecule has 5 heteroatoms. The number of methoxy groups -OCH3 is 1. The Bertz CT molecular complexity index is 508. The summed E-state index contributed by atoms with van der Waals surface area (Å²) in [5, 5.41) is 4.20. The van der Waals surface area contributed by atoms with E-state index in [0.717, 1.165) is 28.2 Å². The molecule has 0 bridgehead atoms. The molecule has 0 spiro atoms. The van der Waals surface area contributed by atoms with Gasteiger partial charge < -0.3 is 9.47 Å². The van der Waals surface area contributed by atoms with E-state index in [4.69, 9.17) is 9.47 Å². The van der Waals surface area contributed by atoms with Gasteiger partial charge in [-0.15, -0.1) is 0 Å². The van der Waals surface area contributed by atoms with Gasteiger partial charge in [0.25, 0.3) is 0 Å². The summed E-state index contributed by atoms with van der Waals surface area (Å²) < 4.78 is 13.5. The van der Waals surface area contributed by atoms with Crippen molar-refractivity contribution >= 4 is 15.9 Å². The van der Waals surface area contributed by atoms with Crippen molar-refractivity contribution in [3.63, 3.8) is 0 Å². The molecule has 2 aromatic rings. The zero-order valence-corrected chi connectivity index (χ0v) is 12.0. The van der Waals surface area contributed by atoms with Crippen LogP contribution in [-0.4, -0.2) is 16.9 Å². The van der Waals surface area contributed by atoms with Gasteiger partial charge in [0.1, 0.15) is 17.0 Å². The summed E-state index contributed by atoms with van der Waals surface area (Å²) in [6, 6.07) is 7.81. The van der Waals surface area contributed by atoms with Gasteiger partial charge in [0.2, 0.25) is 0 Å². The van der Waals surface area contributed by atoms with Gasteiger partial charge in [0.15, 0.2) is 5.75 Å². The molecule has 0 atom stereocenters. The van der Waals surface area contributed by atoms with Crippen molar-refractivity contribution in [1.29, 1.82) is 0 Å². The van der Waals surface area contributed by atoms with Crippen LogP contribution in [0.5, 0.6) is 11.5 Å². The van der Waals surface area contributed by atoms with E-state index < -0.39 is 0 Å². The summed E-state index contributed by atoms with van der Waals surface area (Å²) in [6.07, 6.45) is 1.72. The Morgan fingerprint density at radius 1 is 1.28 bits per heavy atom. The molecular formula is C13H15BrN2O2. The van der Waals surface area contributed by atoms with Crippen LogP contribution in [0.3, 0.4) is 0 Å². The Morgan fingerprint density at radius 3 is 2.56 bits per heavy atom. The summed E-state index contributed by atoms with van der Waals surface area (Å²) in [6.45, 7) is 3.36. The maximum Gasteiger partial charge on any atom is 0.172 e. The lowest BCUT2D eigenvalue weighted by Crippen LogP contribution is -1.98. The van der Waals surface area contributed by atoms with E-state index >= 15 is 0 Å². The predicted octanol–water partition coefficient (Wildman–Crippen LogP) is 3.25. The van der Waals surface area contributed by atoms with Gasteiger partial charge in [-0.05, 0) is 40.5 Å². The van der Waals surface area contributed by atoms with Crippen LogP contribution in [0.1, 0.15) is 12.5 Å². The van der Waals surface area contributed by atoms with Crippen LogP contribution in [0.4, 0.5) is 0 Å². The molecule has 2 rings (SSSR count). The lowest BCUT2D eigenvalue weighted by atomic mass is 10.2. The van der Waals surface area contributed by atoms with Crippen molar-refractivity contribution in [2.45, 2.75) is 20.1 Å². The van der Waals surface area contributed by atoms with Crippen LogP contribution in [-0.2, 0) is 13.2 Å². The molecule has 4 nitrogen and oxygen atoms in total. The molecule has 0 amide bonds. The fraction of sp³-hybridized carbons (Fsp3) is 0.308. The molecule has 1 heterocycles. The van der Waals surface area contributed by atoms with E-state index in [-0.39, 0.29) is 0 Å². The number of aryl methyl sites for hydroxylation is 1. The predicted molar refractivity (Wildman–Crippen MR) is 72.9 cm³/mol. The number of benzene rings is 1. The second-order valence-corrected chi connectivity index (χ2v) is 4.50. The molecule has 1 aromatic heterocycles. The lowest BCUT2D eigenvalue weighted by molar-refractivity contribution is 0.303. The molecule has 0 aliphatic heterocycles. The summed E-state index contributed by atoms with van der Waals surface area (Å²) in [5.41, 5.74) is 1.09. The van der Waals surface area contributed by atoms with Crippen LogP contribution in [0.15, 0.2) is 35.1 Å². The number of rotatable bonds is 5. The number of aromatic nitrogens is 2. The van der Waals surface area contributed by atoms with Crippen molar-refractivity contribution in [2.24, 2.45) is 0 Å². The zero-order valence-electron chi connectivity index (χ0n) is 10.4. The maximum atomic E-state index is 5.71. The van der Waals surface area contributed by atoms with Crippen LogP contribution >= 0.6 is 15.9 Å².